The van der Waals surface area contributed by atoms with Crippen molar-refractivity contribution in [2.24, 2.45) is 0 Å². The smallest absolute Gasteiger partial charge is 0.307 e. The lowest BCUT2D eigenvalue weighted by atomic mass is 9.78. The number of halogens is 1. The minimum absolute atomic E-state index is 0.0134. The number of carbonyl (C=O) groups excluding carboxylic acids is 2. The van der Waals surface area contributed by atoms with Crippen molar-refractivity contribution < 1.29 is 14.3 Å². The summed E-state index contributed by atoms with van der Waals surface area (Å²) in [6, 6.07) is 7.54. The lowest BCUT2D eigenvalue weighted by molar-refractivity contribution is -0.143. The van der Waals surface area contributed by atoms with E-state index in [9.17, 15) is 9.59 Å². The van der Waals surface area contributed by atoms with Crippen molar-refractivity contribution in [2.75, 3.05) is 13.2 Å². The monoisotopic (exact) mass is 337 g/mol. The Morgan fingerprint density at radius 3 is 2.70 bits per heavy atom. The number of esters is 1. The molecule has 0 atom stereocenters. The summed E-state index contributed by atoms with van der Waals surface area (Å²) in [6.07, 6.45) is 4.70. The Morgan fingerprint density at radius 2 is 2.04 bits per heavy atom. The molecule has 1 aromatic rings. The molecule has 0 spiro atoms. The summed E-state index contributed by atoms with van der Waals surface area (Å²) in [7, 11) is 0. The molecule has 126 valence electrons. The van der Waals surface area contributed by atoms with Crippen LogP contribution < -0.4 is 5.32 Å². The van der Waals surface area contributed by atoms with Crippen LogP contribution in [0.5, 0.6) is 0 Å². The first-order chi connectivity index (χ1) is 11.1. The van der Waals surface area contributed by atoms with Crippen molar-refractivity contribution >= 4 is 23.5 Å². The van der Waals surface area contributed by atoms with Crippen LogP contribution in [0.1, 0.15) is 51.0 Å². The predicted octanol–water partition coefficient (Wildman–Crippen LogP) is 3.61. The summed E-state index contributed by atoms with van der Waals surface area (Å²) >= 11 is 6.09. The van der Waals surface area contributed by atoms with Crippen LogP contribution in [0.25, 0.3) is 0 Å². The van der Waals surface area contributed by atoms with Gasteiger partial charge in [0.05, 0.1) is 18.4 Å². The Kier molecular flexibility index (Phi) is 6.46. The molecule has 0 radical (unpaired) electrons. The Hall–Kier alpha value is -1.55. The van der Waals surface area contributed by atoms with Crippen LogP contribution >= 0.6 is 11.6 Å². The molecule has 23 heavy (non-hydrogen) atoms. The first kappa shape index (κ1) is 17.8. The summed E-state index contributed by atoms with van der Waals surface area (Å²) < 4.78 is 5.02. The van der Waals surface area contributed by atoms with Gasteiger partial charge in [0.1, 0.15) is 0 Å². The third kappa shape index (κ3) is 4.47. The van der Waals surface area contributed by atoms with Gasteiger partial charge in [-0.3, -0.25) is 9.59 Å². The quantitative estimate of drug-likeness (QED) is 0.773. The summed E-state index contributed by atoms with van der Waals surface area (Å²) in [5.74, 6) is -0.282. The molecular weight excluding hydrogens is 314 g/mol. The molecule has 0 heterocycles. The van der Waals surface area contributed by atoms with Crippen molar-refractivity contribution in [1.29, 1.82) is 0 Å². The fourth-order valence-corrected chi connectivity index (χ4v) is 3.34. The number of carbonyl (C=O) groups is 2. The van der Waals surface area contributed by atoms with Crippen LogP contribution in [0.4, 0.5) is 0 Å². The van der Waals surface area contributed by atoms with E-state index < -0.39 is 5.41 Å². The van der Waals surface area contributed by atoms with Gasteiger partial charge in [0.15, 0.2) is 0 Å². The minimum Gasteiger partial charge on any atom is -0.466 e. The van der Waals surface area contributed by atoms with Crippen molar-refractivity contribution in [1.82, 2.24) is 5.32 Å². The highest BCUT2D eigenvalue weighted by Gasteiger charge is 2.42. The molecule has 0 aliphatic heterocycles. The van der Waals surface area contributed by atoms with E-state index in [1.807, 2.05) is 31.2 Å². The number of hydrogen-bond donors (Lipinski definition) is 1. The number of nitrogens with one attached hydrogen (secondary N) is 1. The van der Waals surface area contributed by atoms with E-state index in [-0.39, 0.29) is 18.3 Å². The average molecular weight is 338 g/mol. The fraction of sp³-hybridized carbons (Fsp3) is 0.556. The maximum Gasteiger partial charge on any atom is 0.307 e. The van der Waals surface area contributed by atoms with E-state index in [1.165, 1.54) is 0 Å². The van der Waals surface area contributed by atoms with Gasteiger partial charge in [-0.25, -0.2) is 0 Å². The highest BCUT2D eigenvalue weighted by Crippen LogP contribution is 2.42. The predicted molar refractivity (Wildman–Crippen MR) is 90.5 cm³/mol. The van der Waals surface area contributed by atoms with E-state index >= 15 is 0 Å². The van der Waals surface area contributed by atoms with E-state index in [0.29, 0.717) is 18.2 Å². The maximum absolute atomic E-state index is 12.8. The number of ether oxygens (including phenoxy) is 1. The average Bonchev–Trinajstić information content (AvgIpc) is 3.04. The van der Waals surface area contributed by atoms with Gasteiger partial charge in [0.25, 0.3) is 0 Å². The molecule has 0 saturated heterocycles. The third-order valence-corrected chi connectivity index (χ3v) is 4.59. The second-order valence-electron chi connectivity index (χ2n) is 6.03. The molecule has 1 aliphatic carbocycles. The molecule has 1 amide bonds. The third-order valence-electron chi connectivity index (χ3n) is 4.35. The Labute approximate surface area is 142 Å². The molecule has 1 aliphatic rings. The summed E-state index contributed by atoms with van der Waals surface area (Å²) in [6.45, 7) is 2.69. The van der Waals surface area contributed by atoms with Crippen LogP contribution in [-0.4, -0.2) is 25.0 Å². The van der Waals surface area contributed by atoms with E-state index in [2.05, 4.69) is 5.32 Å². The van der Waals surface area contributed by atoms with Crippen molar-refractivity contribution in [3.8, 4) is 0 Å². The second-order valence-corrected chi connectivity index (χ2v) is 6.46. The molecule has 1 N–H and O–H groups in total. The van der Waals surface area contributed by atoms with Gasteiger partial charge in [-0.05, 0) is 37.0 Å². The minimum atomic E-state index is -0.516. The lowest BCUT2D eigenvalue weighted by Crippen LogP contribution is -2.43. The van der Waals surface area contributed by atoms with Gasteiger partial charge in [-0.1, -0.05) is 43.5 Å². The fourth-order valence-electron chi connectivity index (χ4n) is 3.15. The normalized spacial score (nSPS) is 16.1. The van der Waals surface area contributed by atoms with Gasteiger partial charge in [-0.2, -0.15) is 0 Å². The Bertz CT molecular complexity index is 553. The van der Waals surface area contributed by atoms with Crippen LogP contribution in [0.3, 0.4) is 0 Å². The first-order valence-corrected chi connectivity index (χ1v) is 8.66. The van der Waals surface area contributed by atoms with Gasteiger partial charge >= 0.3 is 5.97 Å². The molecule has 0 bridgehead atoms. The SMILES string of the molecule is CCCOC(=O)CCNC(=O)C1(c2cccc(Cl)c2)CCCC1. The van der Waals surface area contributed by atoms with Crippen molar-refractivity contribution in [3.05, 3.63) is 34.9 Å². The van der Waals surface area contributed by atoms with E-state index in [1.54, 1.807) is 0 Å². The van der Waals surface area contributed by atoms with Crippen LogP contribution in [-0.2, 0) is 19.7 Å². The van der Waals surface area contributed by atoms with Crippen LogP contribution in [0, 0.1) is 0 Å². The van der Waals surface area contributed by atoms with Crippen LogP contribution in [0.15, 0.2) is 24.3 Å². The molecule has 1 fully saturated rings. The summed E-state index contributed by atoms with van der Waals surface area (Å²) in [4.78, 5) is 24.3. The molecule has 5 heteroatoms. The molecule has 1 aromatic carbocycles. The van der Waals surface area contributed by atoms with Gasteiger partial charge in [-0.15, -0.1) is 0 Å². The second kappa shape index (κ2) is 8.34. The van der Waals surface area contributed by atoms with Gasteiger partial charge < -0.3 is 10.1 Å². The summed E-state index contributed by atoms with van der Waals surface area (Å²) in [5.41, 5.74) is 0.451. The van der Waals surface area contributed by atoms with Crippen molar-refractivity contribution in [2.45, 2.75) is 50.9 Å². The molecule has 1 saturated carbocycles. The zero-order chi connectivity index (χ0) is 16.7. The topological polar surface area (TPSA) is 55.4 Å². The molecule has 4 nitrogen and oxygen atoms in total. The highest BCUT2D eigenvalue weighted by atomic mass is 35.5. The largest absolute Gasteiger partial charge is 0.466 e. The zero-order valence-corrected chi connectivity index (χ0v) is 14.3. The Balaban J connectivity index is 1.98. The molecular formula is C18H24ClNO3. The Morgan fingerprint density at radius 1 is 1.30 bits per heavy atom. The number of rotatable bonds is 7. The first-order valence-electron chi connectivity index (χ1n) is 8.28. The lowest BCUT2D eigenvalue weighted by Gasteiger charge is -2.28. The molecule has 2 rings (SSSR count). The number of benzene rings is 1. The zero-order valence-electron chi connectivity index (χ0n) is 13.6. The van der Waals surface area contributed by atoms with E-state index in [0.717, 1.165) is 37.7 Å². The molecule has 0 unspecified atom stereocenters. The van der Waals surface area contributed by atoms with Gasteiger partial charge in [0.2, 0.25) is 5.91 Å². The maximum atomic E-state index is 12.8. The number of hydrogen-bond acceptors (Lipinski definition) is 3. The van der Waals surface area contributed by atoms with Crippen LogP contribution in [0.2, 0.25) is 5.02 Å². The van der Waals surface area contributed by atoms with Crippen molar-refractivity contribution in [3.63, 3.8) is 0 Å². The number of amides is 1. The van der Waals surface area contributed by atoms with E-state index in [4.69, 9.17) is 16.3 Å². The standard InChI is InChI=1S/C18H24ClNO3/c1-2-12-23-16(21)8-11-20-17(22)18(9-3-4-10-18)14-6-5-7-15(19)13-14/h5-7,13H,2-4,8-12H2,1H3,(H,20,22). The molecule has 0 aromatic heterocycles. The summed E-state index contributed by atoms with van der Waals surface area (Å²) in [5, 5.41) is 3.55. The highest BCUT2D eigenvalue weighted by molar-refractivity contribution is 6.30. The van der Waals surface area contributed by atoms with Gasteiger partial charge in [0, 0.05) is 11.6 Å².